The Kier molecular flexibility index (Phi) is 6.21. The van der Waals surface area contributed by atoms with Crippen LogP contribution in [0.25, 0.3) is 0 Å². The first-order chi connectivity index (χ1) is 8.95. The molecular weight excluding hydrogens is 268 g/mol. The number of methoxy groups -OCH3 is 1. The second-order valence-electron chi connectivity index (χ2n) is 4.60. The van der Waals surface area contributed by atoms with Crippen molar-refractivity contribution in [3.63, 3.8) is 0 Å². The van der Waals surface area contributed by atoms with Crippen LogP contribution in [0.5, 0.6) is 0 Å². The lowest BCUT2D eigenvalue weighted by atomic mass is 10.1. The summed E-state index contributed by atoms with van der Waals surface area (Å²) in [7, 11) is 1.66. The van der Waals surface area contributed by atoms with E-state index in [1.807, 2.05) is 6.07 Å². The Morgan fingerprint density at radius 2 is 2.16 bits per heavy atom. The van der Waals surface area contributed by atoms with Crippen LogP contribution < -0.4 is 0 Å². The maximum atomic E-state index is 10.9. The van der Waals surface area contributed by atoms with Crippen molar-refractivity contribution in [3.05, 3.63) is 38.9 Å². The van der Waals surface area contributed by atoms with Gasteiger partial charge in [-0.2, -0.15) is 0 Å². The predicted molar refractivity (Wildman–Crippen MR) is 75.5 cm³/mol. The maximum absolute atomic E-state index is 10.9. The summed E-state index contributed by atoms with van der Waals surface area (Å²) in [4.78, 5) is 12.6. The Balaban J connectivity index is 2.84. The van der Waals surface area contributed by atoms with Gasteiger partial charge in [0.25, 0.3) is 5.69 Å². The van der Waals surface area contributed by atoms with Gasteiger partial charge in [-0.1, -0.05) is 17.7 Å². The number of benzene rings is 1. The summed E-state index contributed by atoms with van der Waals surface area (Å²) in [6.07, 6.45) is 0. The molecule has 0 spiro atoms. The van der Waals surface area contributed by atoms with Crippen molar-refractivity contribution in [2.24, 2.45) is 0 Å². The van der Waals surface area contributed by atoms with Gasteiger partial charge in [-0.25, -0.2) is 0 Å². The van der Waals surface area contributed by atoms with Gasteiger partial charge < -0.3 is 4.74 Å². The molecule has 1 aromatic carbocycles. The van der Waals surface area contributed by atoms with Crippen LogP contribution in [0.4, 0.5) is 5.69 Å². The second kappa shape index (κ2) is 7.43. The summed E-state index contributed by atoms with van der Waals surface area (Å²) in [5.41, 5.74) is 0.829. The SMILES string of the molecule is COCCN(Cc1ccc(Cl)c([N+](=O)[O-])c1)C(C)C. The molecule has 0 saturated carbocycles. The van der Waals surface area contributed by atoms with Crippen LogP contribution in [-0.4, -0.2) is 36.1 Å². The highest BCUT2D eigenvalue weighted by Gasteiger charge is 2.15. The number of ether oxygens (including phenoxy) is 1. The molecule has 0 amide bonds. The molecule has 0 atom stereocenters. The first-order valence-corrected chi connectivity index (χ1v) is 6.49. The predicted octanol–water partition coefficient (Wildman–Crippen LogP) is 3.11. The van der Waals surface area contributed by atoms with Crippen LogP contribution in [0.1, 0.15) is 19.4 Å². The van der Waals surface area contributed by atoms with E-state index in [1.165, 1.54) is 6.07 Å². The highest BCUT2D eigenvalue weighted by molar-refractivity contribution is 6.32. The lowest BCUT2D eigenvalue weighted by molar-refractivity contribution is -0.384. The Bertz CT molecular complexity index is 438. The quantitative estimate of drug-likeness (QED) is 0.571. The zero-order valence-electron chi connectivity index (χ0n) is 11.4. The van der Waals surface area contributed by atoms with Crippen LogP contribution in [0.2, 0.25) is 5.02 Å². The summed E-state index contributed by atoms with van der Waals surface area (Å²) in [6.45, 7) is 6.22. The van der Waals surface area contributed by atoms with Crippen LogP contribution in [0.3, 0.4) is 0 Å². The van der Waals surface area contributed by atoms with Crippen LogP contribution in [-0.2, 0) is 11.3 Å². The molecule has 0 radical (unpaired) electrons. The molecule has 5 nitrogen and oxygen atoms in total. The fraction of sp³-hybridized carbons (Fsp3) is 0.538. The van der Waals surface area contributed by atoms with Crippen LogP contribution in [0.15, 0.2) is 18.2 Å². The van der Waals surface area contributed by atoms with Crippen molar-refractivity contribution < 1.29 is 9.66 Å². The lowest BCUT2D eigenvalue weighted by Crippen LogP contribution is -2.33. The van der Waals surface area contributed by atoms with Crippen molar-refractivity contribution in [2.75, 3.05) is 20.3 Å². The molecule has 0 aliphatic rings. The third kappa shape index (κ3) is 4.78. The highest BCUT2D eigenvalue weighted by atomic mass is 35.5. The first-order valence-electron chi connectivity index (χ1n) is 6.11. The molecule has 6 heteroatoms. The summed E-state index contributed by atoms with van der Waals surface area (Å²) in [5, 5.41) is 11.0. The van der Waals surface area contributed by atoms with Crippen molar-refractivity contribution in [1.29, 1.82) is 0 Å². The van der Waals surface area contributed by atoms with Gasteiger partial charge in [-0.3, -0.25) is 15.0 Å². The van der Waals surface area contributed by atoms with Crippen LogP contribution >= 0.6 is 11.6 Å². The molecule has 0 unspecified atom stereocenters. The van der Waals surface area contributed by atoms with Gasteiger partial charge >= 0.3 is 0 Å². The molecule has 0 aliphatic carbocycles. The smallest absolute Gasteiger partial charge is 0.288 e. The molecule has 0 N–H and O–H groups in total. The van der Waals surface area contributed by atoms with Gasteiger partial charge in [0, 0.05) is 32.3 Å². The number of nitro benzene ring substituents is 1. The number of nitrogens with zero attached hydrogens (tertiary/aromatic N) is 2. The van der Waals surface area contributed by atoms with E-state index in [9.17, 15) is 10.1 Å². The van der Waals surface area contributed by atoms with Gasteiger partial charge in [0.15, 0.2) is 0 Å². The monoisotopic (exact) mass is 286 g/mol. The Hall–Kier alpha value is -1.17. The van der Waals surface area contributed by atoms with E-state index in [0.717, 1.165) is 12.1 Å². The van der Waals surface area contributed by atoms with E-state index in [4.69, 9.17) is 16.3 Å². The van der Waals surface area contributed by atoms with E-state index in [0.29, 0.717) is 19.2 Å². The largest absolute Gasteiger partial charge is 0.383 e. The zero-order valence-corrected chi connectivity index (χ0v) is 12.2. The number of rotatable bonds is 7. The normalized spacial score (nSPS) is 11.3. The fourth-order valence-electron chi connectivity index (χ4n) is 1.76. The molecule has 0 fully saturated rings. The van der Waals surface area contributed by atoms with Gasteiger partial charge in [-0.05, 0) is 25.5 Å². The molecule has 0 aliphatic heterocycles. The average Bonchev–Trinajstić information content (AvgIpc) is 2.35. The first kappa shape index (κ1) is 15.9. The van der Waals surface area contributed by atoms with E-state index in [2.05, 4.69) is 18.7 Å². The molecule has 0 bridgehead atoms. The van der Waals surface area contributed by atoms with E-state index in [1.54, 1.807) is 13.2 Å². The molecule has 1 aromatic rings. The van der Waals surface area contributed by atoms with Crippen molar-refractivity contribution in [2.45, 2.75) is 26.4 Å². The summed E-state index contributed by atoms with van der Waals surface area (Å²) in [5.74, 6) is 0. The average molecular weight is 287 g/mol. The van der Waals surface area contributed by atoms with Crippen molar-refractivity contribution >= 4 is 17.3 Å². The minimum absolute atomic E-state index is 0.0467. The lowest BCUT2D eigenvalue weighted by Gasteiger charge is -2.26. The van der Waals surface area contributed by atoms with Gasteiger partial charge in [0.1, 0.15) is 5.02 Å². The molecule has 0 saturated heterocycles. The molecule has 19 heavy (non-hydrogen) atoms. The third-order valence-corrected chi connectivity index (χ3v) is 3.23. The molecule has 106 valence electrons. The Morgan fingerprint density at radius 3 is 2.68 bits per heavy atom. The van der Waals surface area contributed by atoms with Gasteiger partial charge in [0.05, 0.1) is 11.5 Å². The fourth-order valence-corrected chi connectivity index (χ4v) is 1.95. The Morgan fingerprint density at radius 1 is 1.47 bits per heavy atom. The summed E-state index contributed by atoms with van der Waals surface area (Å²) >= 11 is 5.80. The number of hydrogen-bond acceptors (Lipinski definition) is 4. The van der Waals surface area contributed by atoms with E-state index >= 15 is 0 Å². The van der Waals surface area contributed by atoms with Crippen molar-refractivity contribution in [1.82, 2.24) is 4.90 Å². The van der Waals surface area contributed by atoms with Crippen molar-refractivity contribution in [3.8, 4) is 0 Å². The standard InChI is InChI=1S/C13H19ClN2O3/c1-10(2)15(6-7-19-3)9-11-4-5-12(14)13(8-11)16(17)18/h4-5,8,10H,6-7,9H2,1-3H3. The number of halogens is 1. The molecule has 1 rings (SSSR count). The Labute approximate surface area is 118 Å². The molecule has 0 aromatic heterocycles. The summed E-state index contributed by atoms with van der Waals surface area (Å²) < 4.78 is 5.07. The topological polar surface area (TPSA) is 55.6 Å². The molecular formula is C13H19ClN2O3. The number of nitro groups is 1. The number of hydrogen-bond donors (Lipinski definition) is 0. The zero-order chi connectivity index (χ0) is 14.4. The summed E-state index contributed by atoms with van der Waals surface area (Å²) in [6, 6.07) is 5.26. The highest BCUT2D eigenvalue weighted by Crippen LogP contribution is 2.25. The third-order valence-electron chi connectivity index (χ3n) is 2.91. The van der Waals surface area contributed by atoms with E-state index in [-0.39, 0.29) is 10.7 Å². The second-order valence-corrected chi connectivity index (χ2v) is 5.01. The molecule has 0 heterocycles. The van der Waals surface area contributed by atoms with E-state index < -0.39 is 4.92 Å². The van der Waals surface area contributed by atoms with Crippen LogP contribution in [0, 0.1) is 10.1 Å². The minimum Gasteiger partial charge on any atom is -0.383 e. The maximum Gasteiger partial charge on any atom is 0.288 e. The van der Waals surface area contributed by atoms with Gasteiger partial charge in [-0.15, -0.1) is 0 Å². The minimum atomic E-state index is -0.458. The van der Waals surface area contributed by atoms with Gasteiger partial charge in [0.2, 0.25) is 0 Å².